The first-order valence-corrected chi connectivity index (χ1v) is 8.32. The van der Waals surface area contributed by atoms with E-state index >= 15 is 0 Å². The van der Waals surface area contributed by atoms with Crippen LogP contribution in [0.25, 0.3) is 10.8 Å². The van der Waals surface area contributed by atoms with Crippen molar-refractivity contribution >= 4 is 37.7 Å². The van der Waals surface area contributed by atoms with Crippen LogP contribution in [0.3, 0.4) is 0 Å². The van der Waals surface area contributed by atoms with Crippen LogP contribution in [0.1, 0.15) is 5.56 Å². The summed E-state index contributed by atoms with van der Waals surface area (Å²) in [7, 11) is -8.98. The van der Waals surface area contributed by atoms with E-state index in [1.54, 1.807) is 6.92 Å². The van der Waals surface area contributed by atoms with Crippen LogP contribution in [0, 0.1) is 12.3 Å². The first-order valence-electron chi connectivity index (χ1n) is 5.44. The minimum Gasteiger partial charge on any atom is -0.317 e. The molecule has 2 aromatic carbocycles. The van der Waals surface area contributed by atoms with Crippen molar-refractivity contribution in [2.24, 2.45) is 0 Å². The van der Waals surface area contributed by atoms with Crippen molar-refractivity contribution < 1.29 is 25.9 Å². The van der Waals surface area contributed by atoms with E-state index in [0.29, 0.717) is 5.56 Å². The Balaban J connectivity index is 0.00000106. The number of hydrogen-bond acceptors (Lipinski definition) is 5. The first-order chi connectivity index (χ1) is 9.60. The predicted molar refractivity (Wildman–Crippen MR) is 78.2 cm³/mol. The van der Waals surface area contributed by atoms with Crippen LogP contribution in [0.5, 0.6) is 0 Å². The molecule has 0 aliphatic rings. The van der Waals surface area contributed by atoms with Crippen molar-refractivity contribution in [1.82, 2.24) is 0 Å². The van der Waals surface area contributed by atoms with Gasteiger partial charge in [0.2, 0.25) is 0 Å². The Morgan fingerprint density at radius 3 is 1.90 bits per heavy atom. The summed E-state index contributed by atoms with van der Waals surface area (Å²) in [5, 5.41) is 5.57. The zero-order chi connectivity index (χ0) is 16.4. The van der Waals surface area contributed by atoms with Crippen LogP contribution >= 0.6 is 0 Å². The molecule has 0 aliphatic heterocycles. The summed E-state index contributed by atoms with van der Waals surface area (Å²) in [6, 6.07) is 6.45. The summed E-state index contributed by atoms with van der Waals surface area (Å²) in [4.78, 5) is -0.799. The Morgan fingerprint density at radius 1 is 0.905 bits per heavy atom. The molecule has 2 rings (SSSR count). The van der Waals surface area contributed by atoms with Crippen LogP contribution in [0.2, 0.25) is 0 Å². The lowest BCUT2D eigenvalue weighted by molar-refractivity contribution is 0.481. The molecule has 0 aromatic heterocycles. The number of aryl methyl sites for hydroxylation is 1. The SMILES string of the molecule is C=N.Cc1cc(S(=O)(=O)O)c2cccc(S(=O)(=O)O)c2c1. The van der Waals surface area contributed by atoms with E-state index < -0.39 is 30.0 Å². The molecular formula is C12H13NO6S2. The van der Waals surface area contributed by atoms with Gasteiger partial charge in [-0.25, -0.2) is 0 Å². The summed E-state index contributed by atoms with van der Waals surface area (Å²) in [5.41, 5.74) is 0.441. The molecule has 2 aromatic rings. The minimum atomic E-state index is -4.49. The third-order valence-corrected chi connectivity index (χ3v) is 4.42. The van der Waals surface area contributed by atoms with Gasteiger partial charge in [-0.3, -0.25) is 9.11 Å². The van der Waals surface area contributed by atoms with Gasteiger partial charge in [-0.05, 0) is 37.4 Å². The number of hydrogen-bond donors (Lipinski definition) is 3. The van der Waals surface area contributed by atoms with Crippen LogP contribution in [-0.2, 0) is 20.2 Å². The molecule has 0 saturated heterocycles. The molecule has 0 spiro atoms. The van der Waals surface area contributed by atoms with Gasteiger partial charge < -0.3 is 5.41 Å². The first kappa shape index (κ1) is 17.2. The Hall–Kier alpha value is -1.81. The van der Waals surface area contributed by atoms with Gasteiger partial charge in [0.25, 0.3) is 20.2 Å². The van der Waals surface area contributed by atoms with Gasteiger partial charge in [-0.15, -0.1) is 0 Å². The molecule has 7 nitrogen and oxygen atoms in total. The molecular weight excluding hydrogens is 318 g/mol. The molecule has 0 bridgehead atoms. The van der Waals surface area contributed by atoms with Crippen molar-refractivity contribution in [2.45, 2.75) is 16.7 Å². The fraction of sp³-hybridized carbons (Fsp3) is 0.0833. The lowest BCUT2D eigenvalue weighted by Crippen LogP contribution is -2.03. The van der Waals surface area contributed by atoms with Gasteiger partial charge in [-0.1, -0.05) is 12.1 Å². The van der Waals surface area contributed by atoms with Crippen molar-refractivity contribution in [2.75, 3.05) is 0 Å². The van der Waals surface area contributed by atoms with Crippen molar-refractivity contribution in [1.29, 1.82) is 5.41 Å². The topological polar surface area (TPSA) is 133 Å². The summed E-state index contributed by atoms with van der Waals surface area (Å²) < 4.78 is 63.4. The van der Waals surface area contributed by atoms with Crippen molar-refractivity contribution in [3.63, 3.8) is 0 Å². The van der Waals surface area contributed by atoms with Crippen LogP contribution < -0.4 is 0 Å². The second-order valence-corrected chi connectivity index (χ2v) is 6.84. The normalized spacial score (nSPS) is 11.8. The molecule has 0 fully saturated rings. The van der Waals surface area contributed by atoms with Gasteiger partial charge in [0.15, 0.2) is 0 Å². The third kappa shape index (κ3) is 3.64. The summed E-state index contributed by atoms with van der Waals surface area (Å²) in [6.45, 7) is 4.05. The lowest BCUT2D eigenvalue weighted by atomic mass is 10.1. The molecule has 0 heterocycles. The van der Waals surface area contributed by atoms with Crippen molar-refractivity contribution in [3.8, 4) is 0 Å². The Labute approximate surface area is 122 Å². The van der Waals surface area contributed by atoms with E-state index in [1.807, 2.05) is 0 Å². The molecule has 114 valence electrons. The second kappa shape index (κ2) is 5.90. The Bertz CT molecular complexity index is 887. The number of benzene rings is 2. The van der Waals surface area contributed by atoms with Gasteiger partial charge in [-0.2, -0.15) is 16.8 Å². The van der Waals surface area contributed by atoms with E-state index in [-0.39, 0.29) is 10.8 Å². The highest BCUT2D eigenvalue weighted by atomic mass is 32.2. The maximum atomic E-state index is 11.3. The van der Waals surface area contributed by atoms with Crippen molar-refractivity contribution in [3.05, 3.63) is 35.9 Å². The zero-order valence-electron chi connectivity index (χ0n) is 10.9. The highest BCUT2D eigenvalue weighted by Gasteiger charge is 2.20. The molecule has 9 heteroatoms. The largest absolute Gasteiger partial charge is 0.317 e. The number of nitrogens with one attached hydrogen (secondary N) is 1. The summed E-state index contributed by atoms with van der Waals surface area (Å²) in [5.74, 6) is 0. The molecule has 3 N–H and O–H groups in total. The molecule has 21 heavy (non-hydrogen) atoms. The summed E-state index contributed by atoms with van der Waals surface area (Å²) in [6.07, 6.45) is 0. The number of rotatable bonds is 2. The minimum absolute atomic E-state index is 0.0308. The van der Waals surface area contributed by atoms with Crippen LogP contribution in [0.15, 0.2) is 40.1 Å². The molecule has 0 saturated carbocycles. The Kier molecular flexibility index (Phi) is 4.84. The molecule has 0 unspecified atom stereocenters. The van der Waals surface area contributed by atoms with Gasteiger partial charge >= 0.3 is 0 Å². The average molecular weight is 331 g/mol. The van der Waals surface area contributed by atoms with E-state index in [1.165, 1.54) is 24.3 Å². The maximum Gasteiger partial charge on any atom is 0.295 e. The fourth-order valence-corrected chi connectivity index (χ4v) is 3.39. The fourth-order valence-electron chi connectivity index (χ4n) is 1.90. The highest BCUT2D eigenvalue weighted by Crippen LogP contribution is 2.29. The van der Waals surface area contributed by atoms with Crippen LogP contribution in [0.4, 0.5) is 0 Å². The summed E-state index contributed by atoms with van der Waals surface area (Å²) >= 11 is 0. The van der Waals surface area contributed by atoms with Gasteiger partial charge in [0.1, 0.15) is 9.79 Å². The number of fused-ring (bicyclic) bond motifs is 1. The maximum absolute atomic E-state index is 11.3. The highest BCUT2D eigenvalue weighted by molar-refractivity contribution is 7.86. The molecule has 0 radical (unpaired) electrons. The standard InChI is InChI=1S/C11H10O6S2.CH3N/c1-7-5-9-8(11(6-7)19(15,16)17)3-2-4-10(9)18(12,13)14;1-2/h2-6H,1H3,(H,12,13,14)(H,15,16,17);2H,1H2. The van der Waals surface area contributed by atoms with Crippen LogP contribution in [-0.4, -0.2) is 32.7 Å². The third-order valence-electron chi connectivity index (χ3n) is 2.62. The zero-order valence-corrected chi connectivity index (χ0v) is 12.6. The van der Waals surface area contributed by atoms with E-state index in [9.17, 15) is 16.8 Å². The van der Waals surface area contributed by atoms with E-state index in [2.05, 4.69) is 6.72 Å². The van der Waals surface area contributed by atoms with E-state index in [0.717, 1.165) is 6.07 Å². The molecule has 0 atom stereocenters. The second-order valence-electron chi connectivity index (χ2n) is 4.06. The Morgan fingerprint density at radius 2 is 1.43 bits per heavy atom. The van der Waals surface area contributed by atoms with Gasteiger partial charge in [0.05, 0.1) is 0 Å². The molecule has 0 aliphatic carbocycles. The smallest absolute Gasteiger partial charge is 0.295 e. The predicted octanol–water partition coefficient (Wildman–Crippen LogP) is 1.91. The lowest BCUT2D eigenvalue weighted by Gasteiger charge is -2.08. The van der Waals surface area contributed by atoms with E-state index in [4.69, 9.17) is 14.5 Å². The quantitative estimate of drug-likeness (QED) is 0.568. The average Bonchev–Trinajstić information content (AvgIpc) is 2.37. The monoisotopic (exact) mass is 331 g/mol. The molecule has 0 amide bonds. The van der Waals surface area contributed by atoms with Gasteiger partial charge in [0, 0.05) is 10.8 Å².